The van der Waals surface area contributed by atoms with Gasteiger partial charge in [-0.25, -0.2) is 8.42 Å². The second kappa shape index (κ2) is 8.24. The molecule has 0 aliphatic rings. The average Bonchev–Trinajstić information content (AvgIpc) is 2.75. The maximum absolute atomic E-state index is 13.0. The normalized spacial score (nSPS) is 11.3. The van der Waals surface area contributed by atoms with Crippen LogP contribution in [0.4, 0.5) is 11.4 Å². The molecule has 0 radical (unpaired) electrons. The van der Waals surface area contributed by atoms with Gasteiger partial charge in [-0.15, -0.1) is 0 Å². The fourth-order valence-corrected chi connectivity index (χ4v) is 4.56. The predicted molar refractivity (Wildman–Crippen MR) is 125 cm³/mol. The van der Waals surface area contributed by atoms with Gasteiger partial charge in [0.1, 0.15) is 0 Å². The Bertz CT molecular complexity index is 1370. The first kappa shape index (κ1) is 20.6. The third-order valence-electron chi connectivity index (χ3n) is 5.19. The molecule has 0 saturated carbocycles. The van der Waals surface area contributed by atoms with Crippen molar-refractivity contribution in [1.29, 1.82) is 0 Å². The first-order chi connectivity index (χ1) is 14.8. The Balaban J connectivity index is 1.62. The molecule has 31 heavy (non-hydrogen) atoms. The Kier molecular flexibility index (Phi) is 5.48. The second-order valence-electron chi connectivity index (χ2n) is 7.38. The number of hydrogen-bond acceptors (Lipinski definition) is 3. The first-order valence-corrected chi connectivity index (χ1v) is 11.3. The van der Waals surface area contributed by atoms with E-state index in [9.17, 15) is 13.2 Å². The van der Waals surface area contributed by atoms with Gasteiger partial charge in [0.05, 0.1) is 10.6 Å². The minimum Gasteiger partial charge on any atom is -0.321 e. The van der Waals surface area contributed by atoms with Crippen LogP contribution in [-0.2, 0) is 10.0 Å². The van der Waals surface area contributed by atoms with Crippen LogP contribution in [0, 0.1) is 13.8 Å². The zero-order valence-electron chi connectivity index (χ0n) is 17.2. The summed E-state index contributed by atoms with van der Waals surface area (Å²) in [5, 5.41) is 4.92. The molecule has 0 aliphatic carbocycles. The Labute approximate surface area is 181 Å². The summed E-state index contributed by atoms with van der Waals surface area (Å²) in [7, 11) is -3.76. The number of anilines is 2. The molecule has 0 aliphatic heterocycles. The van der Waals surface area contributed by atoms with Gasteiger partial charge in [0.25, 0.3) is 15.9 Å². The summed E-state index contributed by atoms with van der Waals surface area (Å²) in [5.41, 5.74) is 2.99. The molecule has 0 aromatic heterocycles. The number of carbonyl (C=O) groups excluding carboxylic acids is 1. The van der Waals surface area contributed by atoms with Crippen LogP contribution in [0.25, 0.3) is 10.8 Å². The standard InChI is InChI=1S/C25H22N2O3S/c1-17-13-15-20(16-14-17)31(29,30)27-23-11-6-10-21(18(23)2)25(28)26-24-12-5-8-19-7-3-4-9-22(19)24/h3-16,27H,1-2H3,(H,26,28). The Morgan fingerprint density at radius 3 is 2.16 bits per heavy atom. The largest absolute Gasteiger partial charge is 0.321 e. The van der Waals surface area contributed by atoms with Crippen LogP contribution in [0.1, 0.15) is 21.5 Å². The van der Waals surface area contributed by atoms with E-state index in [4.69, 9.17) is 0 Å². The van der Waals surface area contributed by atoms with Crippen molar-refractivity contribution >= 4 is 38.1 Å². The number of hydrogen-bond donors (Lipinski definition) is 2. The first-order valence-electron chi connectivity index (χ1n) is 9.83. The van der Waals surface area contributed by atoms with Crippen LogP contribution >= 0.6 is 0 Å². The second-order valence-corrected chi connectivity index (χ2v) is 9.06. The van der Waals surface area contributed by atoms with E-state index >= 15 is 0 Å². The number of carbonyl (C=O) groups is 1. The lowest BCUT2D eigenvalue weighted by molar-refractivity contribution is 0.102. The molecular formula is C25H22N2O3S. The Morgan fingerprint density at radius 1 is 0.742 bits per heavy atom. The third kappa shape index (κ3) is 4.29. The molecule has 0 unspecified atom stereocenters. The topological polar surface area (TPSA) is 75.3 Å². The van der Waals surface area contributed by atoms with Gasteiger partial charge in [-0.1, -0.05) is 60.2 Å². The smallest absolute Gasteiger partial charge is 0.261 e. The molecule has 0 atom stereocenters. The lowest BCUT2D eigenvalue weighted by Gasteiger charge is -2.15. The van der Waals surface area contributed by atoms with Crippen molar-refractivity contribution in [2.45, 2.75) is 18.7 Å². The molecule has 4 rings (SSSR count). The lowest BCUT2D eigenvalue weighted by atomic mass is 10.1. The van der Waals surface area contributed by atoms with E-state index in [0.29, 0.717) is 22.5 Å². The summed E-state index contributed by atoms with van der Waals surface area (Å²) < 4.78 is 28.1. The molecule has 0 heterocycles. The minimum absolute atomic E-state index is 0.170. The highest BCUT2D eigenvalue weighted by atomic mass is 32.2. The number of rotatable bonds is 5. The van der Waals surface area contributed by atoms with E-state index in [-0.39, 0.29) is 10.8 Å². The summed E-state index contributed by atoms with van der Waals surface area (Å²) in [4.78, 5) is 13.2. The summed E-state index contributed by atoms with van der Waals surface area (Å²) in [6.07, 6.45) is 0. The van der Waals surface area contributed by atoms with Crippen LogP contribution in [0.5, 0.6) is 0 Å². The highest BCUT2D eigenvalue weighted by Crippen LogP contribution is 2.26. The van der Waals surface area contributed by atoms with Crippen LogP contribution in [-0.4, -0.2) is 14.3 Å². The van der Waals surface area contributed by atoms with Crippen molar-refractivity contribution in [1.82, 2.24) is 0 Å². The van der Waals surface area contributed by atoms with Gasteiger partial charge in [0, 0.05) is 16.6 Å². The van der Waals surface area contributed by atoms with Crippen molar-refractivity contribution in [2.75, 3.05) is 10.0 Å². The zero-order valence-corrected chi connectivity index (χ0v) is 18.0. The monoisotopic (exact) mass is 430 g/mol. The van der Waals surface area contributed by atoms with E-state index in [1.807, 2.05) is 49.4 Å². The number of sulfonamides is 1. The minimum atomic E-state index is -3.76. The SMILES string of the molecule is Cc1ccc(S(=O)(=O)Nc2cccc(C(=O)Nc3cccc4ccccc34)c2C)cc1. The molecule has 1 amide bonds. The molecule has 156 valence electrons. The van der Waals surface area contributed by atoms with Crippen LogP contribution in [0.3, 0.4) is 0 Å². The predicted octanol–water partition coefficient (Wildman–Crippen LogP) is 5.51. The van der Waals surface area contributed by atoms with Gasteiger partial charge in [-0.05, 0) is 55.1 Å². The number of fused-ring (bicyclic) bond motifs is 1. The molecule has 2 N–H and O–H groups in total. The quantitative estimate of drug-likeness (QED) is 0.438. The number of aryl methyl sites for hydroxylation is 1. The van der Waals surface area contributed by atoms with Crippen molar-refractivity contribution in [3.63, 3.8) is 0 Å². The number of amides is 1. The molecule has 0 saturated heterocycles. The van der Waals surface area contributed by atoms with E-state index < -0.39 is 10.0 Å². The summed E-state index contributed by atoms with van der Waals surface area (Å²) in [6.45, 7) is 3.62. The summed E-state index contributed by atoms with van der Waals surface area (Å²) in [6, 6.07) is 25.1. The summed E-state index contributed by atoms with van der Waals surface area (Å²) >= 11 is 0. The third-order valence-corrected chi connectivity index (χ3v) is 6.57. The molecule has 4 aromatic rings. The van der Waals surface area contributed by atoms with Gasteiger partial charge in [0.15, 0.2) is 0 Å². The zero-order chi connectivity index (χ0) is 22.0. The van der Waals surface area contributed by atoms with Crippen LogP contribution < -0.4 is 10.0 Å². The van der Waals surface area contributed by atoms with Crippen LogP contribution in [0.15, 0.2) is 89.8 Å². The molecule has 5 nitrogen and oxygen atoms in total. The molecule has 0 bridgehead atoms. The molecule has 0 spiro atoms. The van der Waals surface area contributed by atoms with Crippen molar-refractivity contribution in [3.8, 4) is 0 Å². The molecule has 4 aromatic carbocycles. The van der Waals surface area contributed by atoms with Gasteiger partial charge >= 0.3 is 0 Å². The fourth-order valence-electron chi connectivity index (χ4n) is 3.44. The Morgan fingerprint density at radius 2 is 1.39 bits per heavy atom. The van der Waals surface area contributed by atoms with E-state index in [1.54, 1.807) is 49.4 Å². The molecular weight excluding hydrogens is 408 g/mol. The van der Waals surface area contributed by atoms with E-state index in [0.717, 1.165) is 16.3 Å². The van der Waals surface area contributed by atoms with Crippen molar-refractivity contribution in [3.05, 3.63) is 102 Å². The summed E-state index contributed by atoms with van der Waals surface area (Å²) in [5.74, 6) is -0.301. The highest BCUT2D eigenvalue weighted by Gasteiger charge is 2.18. The van der Waals surface area contributed by atoms with Crippen molar-refractivity contribution < 1.29 is 13.2 Å². The van der Waals surface area contributed by atoms with Crippen molar-refractivity contribution in [2.24, 2.45) is 0 Å². The maximum atomic E-state index is 13.0. The maximum Gasteiger partial charge on any atom is 0.261 e. The van der Waals surface area contributed by atoms with Gasteiger partial charge < -0.3 is 5.32 Å². The van der Waals surface area contributed by atoms with E-state index in [2.05, 4.69) is 10.0 Å². The van der Waals surface area contributed by atoms with Crippen LogP contribution in [0.2, 0.25) is 0 Å². The average molecular weight is 431 g/mol. The molecule has 6 heteroatoms. The van der Waals surface area contributed by atoms with Gasteiger partial charge in [-0.2, -0.15) is 0 Å². The Hall–Kier alpha value is -3.64. The molecule has 0 fully saturated rings. The fraction of sp³-hybridized carbons (Fsp3) is 0.0800. The number of nitrogens with one attached hydrogen (secondary N) is 2. The van der Waals surface area contributed by atoms with Gasteiger partial charge in [-0.3, -0.25) is 9.52 Å². The lowest BCUT2D eigenvalue weighted by Crippen LogP contribution is -2.17. The number of benzene rings is 4. The van der Waals surface area contributed by atoms with E-state index in [1.165, 1.54) is 0 Å². The van der Waals surface area contributed by atoms with Gasteiger partial charge in [0.2, 0.25) is 0 Å². The highest BCUT2D eigenvalue weighted by molar-refractivity contribution is 7.92.